The Hall–Kier alpha value is -1.50. The van der Waals surface area contributed by atoms with Gasteiger partial charge in [-0.3, -0.25) is 4.79 Å². The SMILES string of the molecule is NC1(C(=O)N2C[C@@H](O)[C@@]3(C[C@H](c4cccc(F)c4)CO3)C2)CCCC1. The smallest absolute Gasteiger partial charge is 0.242 e. The molecular formula is C19H25FN2O3. The summed E-state index contributed by atoms with van der Waals surface area (Å²) >= 11 is 0. The van der Waals surface area contributed by atoms with E-state index in [2.05, 4.69) is 0 Å². The number of amides is 1. The Morgan fingerprint density at radius 3 is 2.84 bits per heavy atom. The number of aliphatic hydroxyl groups excluding tert-OH is 1. The summed E-state index contributed by atoms with van der Waals surface area (Å²) in [5, 5.41) is 10.6. The minimum Gasteiger partial charge on any atom is -0.388 e. The molecule has 3 N–H and O–H groups in total. The van der Waals surface area contributed by atoms with Gasteiger partial charge >= 0.3 is 0 Å². The molecule has 2 saturated heterocycles. The van der Waals surface area contributed by atoms with Crippen molar-refractivity contribution in [3.63, 3.8) is 0 Å². The molecule has 25 heavy (non-hydrogen) atoms. The normalized spacial score (nSPS) is 34.1. The summed E-state index contributed by atoms with van der Waals surface area (Å²) in [5.41, 5.74) is 5.62. The molecule has 1 amide bonds. The molecular weight excluding hydrogens is 323 g/mol. The Kier molecular flexibility index (Phi) is 4.09. The van der Waals surface area contributed by atoms with Gasteiger partial charge in [0.25, 0.3) is 0 Å². The second-order valence-electron chi connectivity index (χ2n) is 7.90. The molecule has 2 heterocycles. The van der Waals surface area contributed by atoms with Crippen LogP contribution in [0, 0.1) is 5.82 Å². The van der Waals surface area contributed by atoms with Crippen molar-refractivity contribution in [2.45, 2.75) is 55.3 Å². The first kappa shape index (κ1) is 16.9. The molecule has 136 valence electrons. The third-order valence-corrected chi connectivity index (χ3v) is 6.15. The number of halogens is 1. The van der Waals surface area contributed by atoms with Crippen LogP contribution in [-0.2, 0) is 9.53 Å². The van der Waals surface area contributed by atoms with Gasteiger partial charge in [-0.25, -0.2) is 4.39 Å². The highest BCUT2D eigenvalue weighted by atomic mass is 19.1. The lowest BCUT2D eigenvalue weighted by Crippen LogP contribution is -2.53. The maximum atomic E-state index is 13.5. The number of benzene rings is 1. The van der Waals surface area contributed by atoms with Crippen LogP contribution in [0.15, 0.2) is 24.3 Å². The number of carbonyl (C=O) groups is 1. The number of aliphatic hydroxyl groups is 1. The molecule has 6 heteroatoms. The molecule has 1 spiro atoms. The van der Waals surface area contributed by atoms with Gasteiger partial charge in [0, 0.05) is 12.5 Å². The lowest BCUT2D eigenvalue weighted by atomic mass is 9.87. The average Bonchev–Trinajstić information content (AvgIpc) is 3.29. The van der Waals surface area contributed by atoms with E-state index < -0.39 is 17.2 Å². The van der Waals surface area contributed by atoms with Gasteiger partial charge in [0.15, 0.2) is 0 Å². The fraction of sp³-hybridized carbons (Fsp3) is 0.632. The van der Waals surface area contributed by atoms with Gasteiger partial charge in [0.2, 0.25) is 5.91 Å². The number of nitrogens with two attached hydrogens (primary N) is 1. The molecule has 0 radical (unpaired) electrons. The molecule has 3 fully saturated rings. The van der Waals surface area contributed by atoms with Crippen LogP contribution in [0.25, 0.3) is 0 Å². The highest BCUT2D eigenvalue weighted by Crippen LogP contribution is 2.43. The quantitative estimate of drug-likeness (QED) is 0.850. The van der Waals surface area contributed by atoms with Crippen molar-refractivity contribution < 1.29 is 19.0 Å². The molecule has 4 rings (SSSR count). The van der Waals surface area contributed by atoms with Crippen LogP contribution < -0.4 is 5.73 Å². The zero-order valence-electron chi connectivity index (χ0n) is 14.3. The molecule has 3 aliphatic rings. The lowest BCUT2D eigenvalue weighted by molar-refractivity contribution is -0.136. The maximum absolute atomic E-state index is 13.5. The van der Waals surface area contributed by atoms with Crippen molar-refractivity contribution in [3.8, 4) is 0 Å². The molecule has 0 aromatic heterocycles. The average molecular weight is 348 g/mol. The summed E-state index contributed by atoms with van der Waals surface area (Å²) in [6, 6.07) is 6.51. The predicted molar refractivity (Wildman–Crippen MR) is 90.4 cm³/mol. The molecule has 3 atom stereocenters. The van der Waals surface area contributed by atoms with E-state index in [1.54, 1.807) is 11.0 Å². The van der Waals surface area contributed by atoms with Gasteiger partial charge < -0.3 is 20.5 Å². The van der Waals surface area contributed by atoms with Crippen molar-refractivity contribution >= 4 is 5.91 Å². The topological polar surface area (TPSA) is 75.8 Å². The highest BCUT2D eigenvalue weighted by Gasteiger charge is 2.55. The molecule has 1 aliphatic carbocycles. The van der Waals surface area contributed by atoms with Crippen LogP contribution in [0.5, 0.6) is 0 Å². The fourth-order valence-corrected chi connectivity index (χ4v) is 4.68. The summed E-state index contributed by atoms with van der Waals surface area (Å²) < 4.78 is 19.5. The van der Waals surface area contributed by atoms with E-state index in [0.29, 0.717) is 32.4 Å². The van der Waals surface area contributed by atoms with E-state index in [9.17, 15) is 14.3 Å². The van der Waals surface area contributed by atoms with E-state index in [1.165, 1.54) is 12.1 Å². The van der Waals surface area contributed by atoms with Crippen LogP contribution >= 0.6 is 0 Å². The minimum absolute atomic E-state index is 0.0266. The number of nitrogens with zero attached hydrogens (tertiary/aromatic N) is 1. The Bertz CT molecular complexity index is 676. The number of hydrogen-bond acceptors (Lipinski definition) is 4. The van der Waals surface area contributed by atoms with Crippen LogP contribution in [0.2, 0.25) is 0 Å². The molecule has 5 nitrogen and oxygen atoms in total. The zero-order valence-corrected chi connectivity index (χ0v) is 14.3. The van der Waals surface area contributed by atoms with Gasteiger partial charge in [-0.1, -0.05) is 25.0 Å². The van der Waals surface area contributed by atoms with Crippen LogP contribution in [-0.4, -0.2) is 52.9 Å². The van der Waals surface area contributed by atoms with E-state index in [0.717, 1.165) is 18.4 Å². The summed E-state index contributed by atoms with van der Waals surface area (Å²) in [6.45, 7) is 1.04. The summed E-state index contributed by atoms with van der Waals surface area (Å²) in [4.78, 5) is 14.5. The Morgan fingerprint density at radius 1 is 1.36 bits per heavy atom. The monoisotopic (exact) mass is 348 g/mol. The molecule has 0 unspecified atom stereocenters. The number of β-amino-alcohol motifs (C(OH)–C–C–N with tert-alkyl or cyclic N) is 1. The third kappa shape index (κ3) is 2.86. The van der Waals surface area contributed by atoms with E-state index in [-0.39, 0.29) is 24.2 Å². The first-order valence-electron chi connectivity index (χ1n) is 9.08. The van der Waals surface area contributed by atoms with Crippen molar-refractivity contribution in [2.24, 2.45) is 5.73 Å². The summed E-state index contributed by atoms with van der Waals surface area (Å²) in [6.07, 6.45) is 3.21. The lowest BCUT2D eigenvalue weighted by Gasteiger charge is -2.30. The number of likely N-dealkylation sites (tertiary alicyclic amines) is 1. The van der Waals surface area contributed by atoms with E-state index in [4.69, 9.17) is 10.5 Å². The van der Waals surface area contributed by atoms with Gasteiger partial charge in [0.1, 0.15) is 17.5 Å². The first-order chi connectivity index (χ1) is 11.9. The highest BCUT2D eigenvalue weighted by molar-refractivity contribution is 5.87. The van der Waals surface area contributed by atoms with Gasteiger partial charge in [-0.15, -0.1) is 0 Å². The van der Waals surface area contributed by atoms with Crippen LogP contribution in [0.4, 0.5) is 4.39 Å². The van der Waals surface area contributed by atoms with Gasteiger partial charge in [-0.2, -0.15) is 0 Å². The number of hydrogen-bond donors (Lipinski definition) is 2. The molecule has 2 aliphatic heterocycles. The van der Waals surface area contributed by atoms with Crippen molar-refractivity contribution in [3.05, 3.63) is 35.6 Å². The van der Waals surface area contributed by atoms with Crippen molar-refractivity contribution in [1.29, 1.82) is 0 Å². The van der Waals surface area contributed by atoms with Gasteiger partial charge in [-0.05, 0) is 37.0 Å². The second kappa shape index (κ2) is 6.04. The number of carbonyl (C=O) groups excluding carboxylic acids is 1. The number of ether oxygens (including phenoxy) is 1. The van der Waals surface area contributed by atoms with E-state index in [1.807, 2.05) is 6.07 Å². The van der Waals surface area contributed by atoms with Crippen LogP contribution in [0.1, 0.15) is 43.6 Å². The zero-order chi connectivity index (χ0) is 17.7. The Balaban J connectivity index is 1.49. The second-order valence-corrected chi connectivity index (χ2v) is 7.90. The van der Waals surface area contributed by atoms with Crippen molar-refractivity contribution in [1.82, 2.24) is 4.90 Å². The molecule has 1 aromatic carbocycles. The number of rotatable bonds is 2. The third-order valence-electron chi connectivity index (χ3n) is 6.15. The van der Waals surface area contributed by atoms with Gasteiger partial charge in [0.05, 0.1) is 18.7 Å². The maximum Gasteiger partial charge on any atom is 0.242 e. The largest absolute Gasteiger partial charge is 0.388 e. The Morgan fingerprint density at radius 2 is 2.12 bits per heavy atom. The molecule has 1 aromatic rings. The molecule has 0 bridgehead atoms. The van der Waals surface area contributed by atoms with Crippen molar-refractivity contribution in [2.75, 3.05) is 19.7 Å². The Labute approximate surface area is 146 Å². The summed E-state index contributed by atoms with van der Waals surface area (Å²) in [7, 11) is 0. The van der Waals surface area contributed by atoms with E-state index >= 15 is 0 Å². The predicted octanol–water partition coefficient (Wildman–Crippen LogP) is 1.54. The first-order valence-corrected chi connectivity index (χ1v) is 9.08. The fourth-order valence-electron chi connectivity index (χ4n) is 4.68. The standard InChI is InChI=1S/C19H25FN2O3/c20-15-5-3-4-13(8-15)14-9-19(25-11-14)12-22(10-16(19)23)17(24)18(21)6-1-2-7-18/h3-5,8,14,16,23H,1-2,6-7,9-12,21H2/t14-,16+,19+/m0/s1. The summed E-state index contributed by atoms with van der Waals surface area (Å²) in [5.74, 6) is -0.314. The molecule has 1 saturated carbocycles. The van der Waals surface area contributed by atoms with Crippen LogP contribution in [0.3, 0.4) is 0 Å². The minimum atomic E-state index is -0.786.